The maximum Gasteiger partial charge on any atom is 0.207 e. The van der Waals surface area contributed by atoms with E-state index in [1.165, 1.54) is 17.3 Å². The maximum atomic E-state index is 11.3. The van der Waals surface area contributed by atoms with Crippen LogP contribution in [0.3, 0.4) is 0 Å². The molecule has 88 valence electrons. The van der Waals surface area contributed by atoms with Gasteiger partial charge in [0.05, 0.1) is 6.54 Å². The minimum atomic E-state index is 0.190. The average Bonchev–Trinajstić information content (AvgIpc) is 2.28. The van der Waals surface area contributed by atoms with Gasteiger partial charge in [0.2, 0.25) is 5.12 Å². The van der Waals surface area contributed by atoms with Crippen molar-refractivity contribution in [3.63, 3.8) is 0 Å². The third kappa shape index (κ3) is 3.56. The summed E-state index contributed by atoms with van der Waals surface area (Å²) in [5.41, 5.74) is 2.42. The Balaban J connectivity index is 2.70. The van der Waals surface area contributed by atoms with Crippen LogP contribution in [0.1, 0.15) is 25.3 Å². The number of benzene rings is 1. The summed E-state index contributed by atoms with van der Waals surface area (Å²) in [6.07, 6.45) is 1.82. The number of thioether (sulfide) groups is 1. The van der Waals surface area contributed by atoms with E-state index >= 15 is 0 Å². The molecule has 0 spiro atoms. The molecular formula is C13H19NOS. The van der Waals surface area contributed by atoms with Crippen LogP contribution < -0.4 is 4.90 Å². The van der Waals surface area contributed by atoms with E-state index in [4.69, 9.17) is 0 Å². The van der Waals surface area contributed by atoms with Crippen LogP contribution in [0, 0.1) is 0 Å². The molecule has 0 aliphatic carbocycles. The number of anilines is 1. The van der Waals surface area contributed by atoms with Gasteiger partial charge in [0.15, 0.2) is 0 Å². The van der Waals surface area contributed by atoms with E-state index in [9.17, 15) is 4.79 Å². The van der Waals surface area contributed by atoms with Crippen molar-refractivity contribution < 1.29 is 4.79 Å². The minimum absolute atomic E-state index is 0.190. The summed E-state index contributed by atoms with van der Waals surface area (Å²) >= 11 is 1.28. The van der Waals surface area contributed by atoms with Gasteiger partial charge in [0.25, 0.3) is 0 Å². The zero-order valence-electron chi connectivity index (χ0n) is 10.4. The second-order valence-electron chi connectivity index (χ2n) is 4.18. The number of carbonyl (C=O) groups excluding carboxylic acids is 1. The molecule has 0 aliphatic rings. The molecule has 1 rings (SSSR count). The predicted molar refractivity (Wildman–Crippen MR) is 72.3 cm³/mol. The molecule has 0 saturated carbocycles. The molecule has 16 heavy (non-hydrogen) atoms. The lowest BCUT2D eigenvalue weighted by Gasteiger charge is -2.18. The molecule has 0 bridgehead atoms. The van der Waals surface area contributed by atoms with Crippen LogP contribution >= 0.6 is 11.8 Å². The smallest absolute Gasteiger partial charge is 0.207 e. The van der Waals surface area contributed by atoms with Gasteiger partial charge in [-0.2, -0.15) is 0 Å². The Kier molecular flexibility index (Phi) is 4.87. The van der Waals surface area contributed by atoms with E-state index in [1.807, 2.05) is 18.2 Å². The topological polar surface area (TPSA) is 20.3 Å². The van der Waals surface area contributed by atoms with Crippen molar-refractivity contribution in [2.24, 2.45) is 0 Å². The van der Waals surface area contributed by atoms with Crippen molar-refractivity contribution in [2.75, 3.05) is 24.7 Å². The lowest BCUT2D eigenvalue weighted by atomic mass is 10.0. The van der Waals surface area contributed by atoms with Gasteiger partial charge in [-0.15, -0.1) is 0 Å². The van der Waals surface area contributed by atoms with E-state index in [2.05, 4.69) is 38.1 Å². The number of nitrogens with zero attached hydrogens (tertiary/aromatic N) is 1. The lowest BCUT2D eigenvalue weighted by molar-refractivity contribution is -0.109. The van der Waals surface area contributed by atoms with Crippen LogP contribution in [-0.4, -0.2) is 25.0 Å². The van der Waals surface area contributed by atoms with E-state index in [1.54, 1.807) is 0 Å². The van der Waals surface area contributed by atoms with Gasteiger partial charge in [-0.25, -0.2) is 0 Å². The Bertz CT molecular complexity index is 345. The first-order chi connectivity index (χ1) is 7.54. The first-order valence-electron chi connectivity index (χ1n) is 5.42. The Morgan fingerprint density at radius 3 is 2.31 bits per heavy atom. The quantitative estimate of drug-likeness (QED) is 0.802. The highest BCUT2D eigenvalue weighted by molar-refractivity contribution is 8.13. The van der Waals surface area contributed by atoms with Gasteiger partial charge in [-0.3, -0.25) is 4.79 Å². The monoisotopic (exact) mass is 237 g/mol. The normalized spacial score (nSPS) is 10.6. The van der Waals surface area contributed by atoms with Crippen LogP contribution in [0.15, 0.2) is 24.3 Å². The molecule has 0 fully saturated rings. The Labute approximate surface area is 102 Å². The van der Waals surface area contributed by atoms with Crippen LogP contribution in [0.25, 0.3) is 0 Å². The Hall–Kier alpha value is -0.960. The fourth-order valence-electron chi connectivity index (χ4n) is 1.46. The molecule has 0 radical (unpaired) electrons. The second-order valence-corrected chi connectivity index (χ2v) is 5.04. The van der Waals surface area contributed by atoms with E-state index < -0.39 is 0 Å². The van der Waals surface area contributed by atoms with Crippen molar-refractivity contribution >= 4 is 22.6 Å². The summed E-state index contributed by atoms with van der Waals surface area (Å²) in [4.78, 5) is 13.3. The summed E-state index contributed by atoms with van der Waals surface area (Å²) in [6.45, 7) is 4.81. The molecule has 1 aromatic rings. The largest absolute Gasteiger partial charge is 0.366 e. The number of hydrogen-bond acceptors (Lipinski definition) is 3. The van der Waals surface area contributed by atoms with Crippen LogP contribution in [0.4, 0.5) is 5.69 Å². The fourth-order valence-corrected chi connectivity index (χ4v) is 1.79. The van der Waals surface area contributed by atoms with E-state index in [0.717, 1.165) is 5.69 Å². The molecule has 0 unspecified atom stereocenters. The van der Waals surface area contributed by atoms with Crippen molar-refractivity contribution in [3.8, 4) is 0 Å². The van der Waals surface area contributed by atoms with Gasteiger partial charge >= 0.3 is 0 Å². The van der Waals surface area contributed by atoms with Crippen LogP contribution in [-0.2, 0) is 4.79 Å². The van der Waals surface area contributed by atoms with Gasteiger partial charge in [-0.1, -0.05) is 37.7 Å². The van der Waals surface area contributed by atoms with E-state index in [-0.39, 0.29) is 5.12 Å². The van der Waals surface area contributed by atoms with Crippen LogP contribution in [0.5, 0.6) is 0 Å². The summed E-state index contributed by atoms with van der Waals surface area (Å²) < 4.78 is 0. The third-order valence-corrected chi connectivity index (χ3v) is 3.18. The number of hydrogen-bond donors (Lipinski definition) is 0. The van der Waals surface area contributed by atoms with Crippen molar-refractivity contribution in [1.29, 1.82) is 0 Å². The standard InChI is InChI=1S/C13H19NOS/c1-10(2)11-5-7-12(8-6-11)14(3)9-13(15)16-4/h5-8,10H,9H2,1-4H3. The molecular weight excluding hydrogens is 218 g/mol. The van der Waals surface area contributed by atoms with Crippen molar-refractivity contribution in [2.45, 2.75) is 19.8 Å². The van der Waals surface area contributed by atoms with E-state index in [0.29, 0.717) is 12.5 Å². The molecule has 0 aliphatic heterocycles. The molecule has 0 N–H and O–H groups in total. The molecule has 0 amide bonds. The molecule has 3 heteroatoms. The summed E-state index contributed by atoms with van der Waals surface area (Å²) in [5, 5.41) is 0.190. The summed E-state index contributed by atoms with van der Waals surface area (Å²) in [7, 11) is 1.94. The van der Waals surface area contributed by atoms with Crippen molar-refractivity contribution in [1.82, 2.24) is 0 Å². The van der Waals surface area contributed by atoms with Crippen LogP contribution in [0.2, 0.25) is 0 Å². The number of carbonyl (C=O) groups is 1. The molecule has 2 nitrogen and oxygen atoms in total. The third-order valence-electron chi connectivity index (χ3n) is 2.59. The first-order valence-corrected chi connectivity index (χ1v) is 6.65. The lowest BCUT2D eigenvalue weighted by Crippen LogP contribution is -2.23. The fraction of sp³-hybridized carbons (Fsp3) is 0.462. The number of likely N-dealkylation sites (N-methyl/N-ethyl adjacent to an activating group) is 1. The number of rotatable bonds is 4. The zero-order chi connectivity index (χ0) is 12.1. The molecule has 0 heterocycles. The second kappa shape index (κ2) is 5.94. The highest BCUT2D eigenvalue weighted by atomic mass is 32.2. The first kappa shape index (κ1) is 13.1. The van der Waals surface area contributed by atoms with Gasteiger partial charge in [0.1, 0.15) is 0 Å². The minimum Gasteiger partial charge on any atom is -0.366 e. The molecule has 0 atom stereocenters. The van der Waals surface area contributed by atoms with Gasteiger partial charge in [-0.05, 0) is 29.9 Å². The van der Waals surface area contributed by atoms with Gasteiger partial charge < -0.3 is 4.90 Å². The average molecular weight is 237 g/mol. The summed E-state index contributed by atoms with van der Waals surface area (Å²) in [5.74, 6) is 0.548. The maximum absolute atomic E-state index is 11.3. The molecule has 1 aromatic carbocycles. The SMILES string of the molecule is CSC(=O)CN(C)c1ccc(C(C)C)cc1. The Morgan fingerprint density at radius 2 is 1.88 bits per heavy atom. The Morgan fingerprint density at radius 1 is 1.31 bits per heavy atom. The van der Waals surface area contributed by atoms with Crippen molar-refractivity contribution in [3.05, 3.63) is 29.8 Å². The van der Waals surface area contributed by atoms with Gasteiger partial charge in [0, 0.05) is 12.7 Å². The summed E-state index contributed by atoms with van der Waals surface area (Å²) in [6, 6.07) is 8.39. The predicted octanol–water partition coefficient (Wildman–Crippen LogP) is 3.14. The highest BCUT2D eigenvalue weighted by Crippen LogP contribution is 2.19. The molecule has 0 aromatic heterocycles. The molecule has 0 saturated heterocycles. The highest BCUT2D eigenvalue weighted by Gasteiger charge is 2.06. The zero-order valence-corrected chi connectivity index (χ0v) is 11.2.